The number of fused-ring (bicyclic) bond motifs is 1. The maximum atomic E-state index is 12.7. The van der Waals surface area contributed by atoms with Crippen LogP contribution in [-0.4, -0.2) is 86.7 Å². The Morgan fingerprint density at radius 3 is 2.61 bits per heavy atom. The summed E-state index contributed by atoms with van der Waals surface area (Å²) in [5.41, 5.74) is 1.01. The van der Waals surface area contributed by atoms with Gasteiger partial charge in [-0.2, -0.15) is 0 Å². The van der Waals surface area contributed by atoms with Gasteiger partial charge >= 0.3 is 12.1 Å². The van der Waals surface area contributed by atoms with Gasteiger partial charge in [0.2, 0.25) is 5.91 Å². The molecule has 0 spiro atoms. The Labute approximate surface area is 187 Å². The van der Waals surface area contributed by atoms with Gasteiger partial charge in [0, 0.05) is 31.6 Å². The first-order chi connectivity index (χ1) is 14.8. The molecule has 166 valence electrons. The lowest BCUT2D eigenvalue weighted by Crippen LogP contribution is -2.63. The van der Waals surface area contributed by atoms with Crippen LogP contribution in [0.5, 0.6) is 0 Å². The number of carbonyl (C=O) groups is 3. The molecule has 3 unspecified atom stereocenters. The lowest BCUT2D eigenvalue weighted by molar-refractivity contribution is -0.162. The van der Waals surface area contributed by atoms with Gasteiger partial charge in [-0.3, -0.25) is 9.69 Å². The fourth-order valence-electron chi connectivity index (χ4n) is 4.57. The predicted octanol–water partition coefficient (Wildman–Crippen LogP) is -1.20. The van der Waals surface area contributed by atoms with Gasteiger partial charge in [0.1, 0.15) is 23.6 Å². The van der Waals surface area contributed by atoms with E-state index in [2.05, 4.69) is 20.2 Å². The molecule has 2 amide bonds. The first-order valence-corrected chi connectivity index (χ1v) is 11.7. The lowest BCUT2D eigenvalue weighted by atomic mass is 9.77. The summed E-state index contributed by atoms with van der Waals surface area (Å²) in [6.07, 6.45) is -0.641. The number of β-lactam (4-membered cyclic amide) rings is 1. The largest absolute Gasteiger partial charge is 0.428 e. The average molecular weight is 467 g/mol. The number of nitrogens with one attached hydrogen (secondary N) is 3. The van der Waals surface area contributed by atoms with E-state index in [0.29, 0.717) is 19.6 Å². The minimum atomic E-state index is -0.810. The highest BCUT2D eigenvalue weighted by Gasteiger charge is 2.60. The molecule has 0 saturated carbocycles. The number of nitrogens with zero attached hydrogens (tertiary/aromatic N) is 2. The number of hydrogen-bond acceptors (Lipinski definition) is 9. The van der Waals surface area contributed by atoms with Crippen molar-refractivity contribution >= 4 is 51.8 Å². The van der Waals surface area contributed by atoms with Gasteiger partial charge in [0.05, 0.1) is 18.1 Å². The van der Waals surface area contributed by atoms with E-state index in [1.165, 1.54) is 4.90 Å². The van der Waals surface area contributed by atoms with Crippen LogP contribution in [0.15, 0.2) is 11.3 Å². The van der Waals surface area contributed by atoms with Crippen molar-refractivity contribution in [3.63, 3.8) is 0 Å². The number of aliphatic hydroxyl groups excluding tert-OH is 1. The number of amides is 2. The Morgan fingerprint density at radius 1 is 1.29 bits per heavy atom. The van der Waals surface area contributed by atoms with Gasteiger partial charge in [0.15, 0.2) is 16.0 Å². The van der Waals surface area contributed by atoms with Crippen molar-refractivity contribution in [3.8, 4) is 0 Å². The summed E-state index contributed by atoms with van der Waals surface area (Å²) in [6.45, 7) is 5.24. The summed E-state index contributed by atoms with van der Waals surface area (Å²) >= 11 is 0. The van der Waals surface area contributed by atoms with Gasteiger partial charge in [-0.15, -0.1) is 0 Å². The summed E-state index contributed by atoms with van der Waals surface area (Å²) in [5.74, 6) is -1.57. The Kier molecular flexibility index (Phi) is 8.35. The standard InChI is InChI=1S/C16H25B2N5O6P2/c1-7-10(6-22-4-3-9(5-22)19-16(27)29-31-21-18)13(15(26)28-30-20-17)23-12(7)11(8(2)24)14(23)25/h7-9,11-12,20-21,24,30-31H,3-6H2,1-2H3,(H,19,27)/t7-,8+,9-,11?,12+/m0/s1. The highest BCUT2D eigenvalue weighted by Crippen LogP contribution is 2.48. The van der Waals surface area contributed by atoms with Crippen molar-refractivity contribution < 1.29 is 28.5 Å². The van der Waals surface area contributed by atoms with Crippen LogP contribution < -0.4 is 15.3 Å². The van der Waals surface area contributed by atoms with Crippen LogP contribution in [0.3, 0.4) is 0 Å². The maximum Gasteiger partial charge on any atom is 0.411 e. The van der Waals surface area contributed by atoms with E-state index in [9.17, 15) is 19.5 Å². The van der Waals surface area contributed by atoms with E-state index < -0.39 is 33.0 Å². The molecule has 3 aliphatic rings. The van der Waals surface area contributed by atoms with Crippen molar-refractivity contribution in [3.05, 3.63) is 11.3 Å². The van der Waals surface area contributed by atoms with Crippen LogP contribution in [0.25, 0.3) is 0 Å². The summed E-state index contributed by atoms with van der Waals surface area (Å²) in [5, 5.41) is 12.8. The molecule has 0 aliphatic carbocycles. The van der Waals surface area contributed by atoms with Crippen molar-refractivity contribution in [2.75, 3.05) is 19.6 Å². The Balaban J connectivity index is 1.71. The van der Waals surface area contributed by atoms with E-state index in [4.69, 9.17) is 25.0 Å². The summed E-state index contributed by atoms with van der Waals surface area (Å²) < 4.78 is 10.0. The average Bonchev–Trinajstić information content (AvgIpc) is 3.25. The Hall–Kier alpha value is -1.22. The number of hydrogen-bond donors (Lipinski definition) is 4. The molecule has 2 fully saturated rings. The minimum absolute atomic E-state index is 0.102. The molecule has 3 aliphatic heterocycles. The molecule has 0 aromatic heterocycles. The highest BCUT2D eigenvalue weighted by atomic mass is 31.1. The normalized spacial score (nSPS) is 29.6. The second-order valence-corrected chi connectivity index (χ2v) is 9.16. The predicted molar refractivity (Wildman–Crippen MR) is 117 cm³/mol. The minimum Gasteiger partial charge on any atom is -0.428 e. The number of carbonyl (C=O) groups excluding carboxylic acids is 3. The quantitative estimate of drug-likeness (QED) is 0.188. The lowest BCUT2D eigenvalue weighted by Gasteiger charge is -2.46. The summed E-state index contributed by atoms with van der Waals surface area (Å²) in [6, 6.07) is -0.384. The van der Waals surface area contributed by atoms with Crippen molar-refractivity contribution in [1.82, 2.24) is 25.1 Å². The van der Waals surface area contributed by atoms with Crippen molar-refractivity contribution in [1.29, 1.82) is 0 Å². The third kappa shape index (κ3) is 5.07. The van der Waals surface area contributed by atoms with Gasteiger partial charge in [-0.05, 0) is 18.9 Å². The van der Waals surface area contributed by atoms with E-state index in [0.717, 1.165) is 12.0 Å². The molecular weight excluding hydrogens is 442 g/mol. The molecule has 31 heavy (non-hydrogen) atoms. The van der Waals surface area contributed by atoms with Crippen molar-refractivity contribution in [2.45, 2.75) is 38.5 Å². The molecule has 3 rings (SSSR count). The fraction of sp³-hybridized carbons (Fsp3) is 0.688. The van der Waals surface area contributed by atoms with Crippen LogP contribution >= 0.6 is 17.9 Å². The van der Waals surface area contributed by atoms with Gasteiger partial charge in [0.25, 0.3) is 0 Å². The first kappa shape index (κ1) is 24.4. The van der Waals surface area contributed by atoms with E-state index >= 15 is 0 Å². The van der Waals surface area contributed by atoms with E-state index in [1.807, 2.05) is 6.92 Å². The second kappa shape index (κ2) is 10.6. The third-order valence-electron chi connectivity index (χ3n) is 5.90. The summed E-state index contributed by atoms with van der Waals surface area (Å²) in [7, 11) is 9.54. The van der Waals surface area contributed by atoms with E-state index in [-0.39, 0.29) is 38.6 Å². The van der Waals surface area contributed by atoms with Gasteiger partial charge < -0.3 is 34.4 Å². The van der Waals surface area contributed by atoms with Gasteiger partial charge in [-0.25, -0.2) is 9.59 Å². The Morgan fingerprint density at radius 2 is 1.97 bits per heavy atom. The van der Waals surface area contributed by atoms with Crippen LogP contribution in [-0.2, 0) is 18.6 Å². The fourth-order valence-corrected chi connectivity index (χ4v) is 5.03. The molecule has 0 aromatic carbocycles. The summed E-state index contributed by atoms with van der Waals surface area (Å²) in [4.78, 5) is 45.2. The Bertz CT molecular complexity index is 760. The zero-order valence-electron chi connectivity index (χ0n) is 17.3. The number of aliphatic hydroxyl groups is 1. The van der Waals surface area contributed by atoms with Crippen molar-refractivity contribution in [2.24, 2.45) is 11.8 Å². The molecular formula is C16H25B2N5O6P2. The van der Waals surface area contributed by atoms with E-state index in [1.54, 1.807) is 6.92 Å². The van der Waals surface area contributed by atoms with Crippen LogP contribution in [0.1, 0.15) is 20.3 Å². The zero-order valence-corrected chi connectivity index (χ0v) is 19.3. The maximum absolute atomic E-state index is 12.7. The topological polar surface area (TPSA) is 132 Å². The van der Waals surface area contributed by atoms with Crippen LogP contribution in [0.4, 0.5) is 4.79 Å². The first-order valence-electron chi connectivity index (χ1n) is 9.86. The molecule has 4 radical (unpaired) electrons. The third-order valence-corrected chi connectivity index (χ3v) is 6.71. The van der Waals surface area contributed by atoms with Gasteiger partial charge in [-0.1, -0.05) is 6.92 Å². The smallest absolute Gasteiger partial charge is 0.411 e. The molecule has 15 heteroatoms. The number of likely N-dealkylation sites (tertiary alicyclic amines) is 1. The second-order valence-electron chi connectivity index (χ2n) is 7.76. The number of rotatable bonds is 9. The zero-order chi connectivity index (χ0) is 22.7. The molecule has 2 saturated heterocycles. The molecule has 7 atom stereocenters. The molecule has 3 heterocycles. The SMILES string of the molecule is [B]NPOC(=O)N[C@H]1CCN(CC2=C(C(=O)OPN[B])N3C(=O)C([C@@H](C)O)[C@H]3[C@H]2C)C1. The van der Waals surface area contributed by atoms with Crippen LogP contribution in [0, 0.1) is 11.8 Å². The monoisotopic (exact) mass is 467 g/mol. The molecule has 0 aromatic rings. The highest BCUT2D eigenvalue weighted by molar-refractivity contribution is 7.32. The molecule has 4 N–H and O–H groups in total. The molecule has 0 bridgehead atoms. The van der Waals surface area contributed by atoms with Crippen LogP contribution in [0.2, 0.25) is 0 Å². The molecule has 11 nitrogen and oxygen atoms in total.